The van der Waals surface area contributed by atoms with Crippen LogP contribution in [0, 0.1) is 6.92 Å². The maximum absolute atomic E-state index is 5.99. The van der Waals surface area contributed by atoms with E-state index in [9.17, 15) is 0 Å². The quantitative estimate of drug-likeness (QED) is 0.753. The summed E-state index contributed by atoms with van der Waals surface area (Å²) in [6.45, 7) is 1.93. The number of alkyl halides is 1. The van der Waals surface area contributed by atoms with Gasteiger partial charge >= 0.3 is 0 Å². The maximum atomic E-state index is 5.99. The molecule has 1 saturated carbocycles. The molecule has 2 aromatic heterocycles. The number of aryl methyl sites for hydroxylation is 1. The lowest BCUT2D eigenvalue weighted by Crippen LogP contribution is -2.19. The number of nitrogens with zero attached hydrogens (tertiary/aromatic N) is 2. The normalized spacial score (nSPS) is 16.1. The van der Waals surface area contributed by atoms with Crippen LogP contribution in [0.2, 0.25) is 0 Å². The number of hydrogen-bond donors (Lipinski definition) is 0. The Hall–Kier alpha value is -1.36. The Bertz CT molecular complexity index is 589. The molecule has 0 amide bonds. The summed E-state index contributed by atoms with van der Waals surface area (Å²) >= 11 is 3.46. The standard InChI is InChI=1S/C16H19BrN2O2/c1-11-14(9-17)16(21-19-11)15-8-7-13(10-18-15)20-12-5-3-2-4-6-12/h7-8,10,12H,2-6,9H2,1H3. The van der Waals surface area contributed by atoms with Crippen LogP contribution in [-0.2, 0) is 5.33 Å². The number of halogens is 1. The molecule has 0 aromatic carbocycles. The van der Waals surface area contributed by atoms with Gasteiger partial charge in [0.15, 0.2) is 5.76 Å². The summed E-state index contributed by atoms with van der Waals surface area (Å²) in [5, 5.41) is 4.71. The minimum Gasteiger partial charge on any atom is -0.489 e. The van der Waals surface area contributed by atoms with Crippen molar-refractivity contribution in [2.24, 2.45) is 0 Å². The van der Waals surface area contributed by atoms with E-state index in [4.69, 9.17) is 9.26 Å². The van der Waals surface area contributed by atoms with Crippen molar-refractivity contribution in [2.75, 3.05) is 0 Å². The van der Waals surface area contributed by atoms with Gasteiger partial charge in [-0.15, -0.1) is 0 Å². The first kappa shape index (κ1) is 14.6. The first-order valence-electron chi connectivity index (χ1n) is 7.42. The summed E-state index contributed by atoms with van der Waals surface area (Å²) in [7, 11) is 0. The predicted molar refractivity (Wildman–Crippen MR) is 84.6 cm³/mol. The van der Waals surface area contributed by atoms with Gasteiger partial charge in [-0.25, -0.2) is 4.98 Å². The van der Waals surface area contributed by atoms with E-state index in [1.165, 1.54) is 19.3 Å². The van der Waals surface area contributed by atoms with Gasteiger partial charge in [0.1, 0.15) is 11.4 Å². The number of aromatic nitrogens is 2. The van der Waals surface area contributed by atoms with Crippen molar-refractivity contribution in [1.82, 2.24) is 10.1 Å². The number of hydrogen-bond acceptors (Lipinski definition) is 4. The van der Waals surface area contributed by atoms with E-state index in [1.807, 2.05) is 19.1 Å². The Kier molecular flexibility index (Phi) is 4.58. The third kappa shape index (κ3) is 3.28. The highest BCUT2D eigenvalue weighted by molar-refractivity contribution is 9.08. The fourth-order valence-electron chi connectivity index (χ4n) is 2.71. The molecule has 0 spiro atoms. The zero-order valence-electron chi connectivity index (χ0n) is 12.1. The first-order valence-corrected chi connectivity index (χ1v) is 8.54. The lowest BCUT2D eigenvalue weighted by Gasteiger charge is -2.22. The molecule has 1 aliphatic carbocycles. The zero-order chi connectivity index (χ0) is 14.7. The molecular weight excluding hydrogens is 332 g/mol. The molecule has 0 saturated heterocycles. The Morgan fingerprint density at radius 3 is 2.76 bits per heavy atom. The third-order valence-electron chi connectivity index (χ3n) is 3.94. The minimum atomic E-state index is 0.344. The largest absolute Gasteiger partial charge is 0.489 e. The smallest absolute Gasteiger partial charge is 0.189 e. The molecule has 4 nitrogen and oxygen atoms in total. The highest BCUT2D eigenvalue weighted by Crippen LogP contribution is 2.28. The van der Waals surface area contributed by atoms with Gasteiger partial charge in [-0.1, -0.05) is 27.5 Å². The Morgan fingerprint density at radius 1 is 1.29 bits per heavy atom. The topological polar surface area (TPSA) is 48.2 Å². The van der Waals surface area contributed by atoms with Crippen LogP contribution in [0.4, 0.5) is 0 Å². The molecule has 2 aromatic rings. The Morgan fingerprint density at radius 2 is 2.10 bits per heavy atom. The molecule has 21 heavy (non-hydrogen) atoms. The summed E-state index contributed by atoms with van der Waals surface area (Å²) in [6.07, 6.45) is 8.28. The van der Waals surface area contributed by atoms with Gasteiger partial charge in [0.2, 0.25) is 0 Å². The number of rotatable bonds is 4. The van der Waals surface area contributed by atoms with Crippen LogP contribution in [0.5, 0.6) is 5.75 Å². The van der Waals surface area contributed by atoms with Gasteiger partial charge in [-0.05, 0) is 44.7 Å². The number of pyridine rings is 1. The van der Waals surface area contributed by atoms with Crippen LogP contribution in [0.1, 0.15) is 43.4 Å². The van der Waals surface area contributed by atoms with Crippen molar-refractivity contribution in [3.63, 3.8) is 0 Å². The maximum Gasteiger partial charge on any atom is 0.189 e. The van der Waals surface area contributed by atoms with Crippen molar-refractivity contribution in [2.45, 2.75) is 50.5 Å². The van der Waals surface area contributed by atoms with E-state index in [2.05, 4.69) is 26.1 Å². The fraction of sp³-hybridized carbons (Fsp3) is 0.500. The summed E-state index contributed by atoms with van der Waals surface area (Å²) in [5.74, 6) is 1.57. The Labute approximate surface area is 133 Å². The van der Waals surface area contributed by atoms with Crippen molar-refractivity contribution in [1.29, 1.82) is 0 Å². The van der Waals surface area contributed by atoms with E-state index in [-0.39, 0.29) is 0 Å². The van der Waals surface area contributed by atoms with Crippen LogP contribution in [0.15, 0.2) is 22.9 Å². The molecule has 0 atom stereocenters. The van der Waals surface area contributed by atoms with Crippen LogP contribution in [0.3, 0.4) is 0 Å². The predicted octanol–water partition coefficient (Wildman–Crippen LogP) is 4.65. The van der Waals surface area contributed by atoms with E-state index >= 15 is 0 Å². The second kappa shape index (κ2) is 6.60. The SMILES string of the molecule is Cc1noc(-c2ccc(OC3CCCCC3)cn2)c1CBr. The molecule has 112 valence electrons. The molecule has 0 unspecified atom stereocenters. The second-order valence-corrected chi connectivity index (χ2v) is 6.03. The van der Waals surface area contributed by atoms with Gasteiger partial charge in [0.25, 0.3) is 0 Å². The molecule has 0 aliphatic heterocycles. The second-order valence-electron chi connectivity index (χ2n) is 5.47. The van der Waals surface area contributed by atoms with Crippen molar-refractivity contribution in [3.05, 3.63) is 29.6 Å². The van der Waals surface area contributed by atoms with E-state index < -0.39 is 0 Å². The molecule has 3 rings (SSSR count). The van der Waals surface area contributed by atoms with Crippen molar-refractivity contribution in [3.8, 4) is 17.2 Å². The molecule has 5 heteroatoms. The zero-order valence-corrected chi connectivity index (χ0v) is 13.7. The number of ether oxygens (including phenoxy) is 1. The van der Waals surface area contributed by atoms with Gasteiger partial charge in [-0.3, -0.25) is 0 Å². The van der Waals surface area contributed by atoms with Crippen LogP contribution in [-0.4, -0.2) is 16.2 Å². The van der Waals surface area contributed by atoms with Gasteiger partial charge < -0.3 is 9.26 Å². The summed E-state index contributed by atoms with van der Waals surface area (Å²) in [4.78, 5) is 4.46. The molecule has 1 fully saturated rings. The lowest BCUT2D eigenvalue weighted by atomic mass is 9.98. The van der Waals surface area contributed by atoms with E-state index in [1.54, 1.807) is 6.20 Å². The van der Waals surface area contributed by atoms with Crippen molar-refractivity contribution < 1.29 is 9.26 Å². The summed E-state index contributed by atoms with van der Waals surface area (Å²) in [6, 6.07) is 3.90. The van der Waals surface area contributed by atoms with E-state index in [0.717, 1.165) is 41.3 Å². The summed E-state index contributed by atoms with van der Waals surface area (Å²) < 4.78 is 11.4. The lowest BCUT2D eigenvalue weighted by molar-refractivity contribution is 0.154. The summed E-state index contributed by atoms with van der Waals surface area (Å²) in [5.41, 5.74) is 2.73. The van der Waals surface area contributed by atoms with Gasteiger partial charge in [0.05, 0.1) is 18.0 Å². The molecule has 0 bridgehead atoms. The fourth-order valence-corrected chi connectivity index (χ4v) is 3.37. The van der Waals surface area contributed by atoms with Crippen LogP contribution in [0.25, 0.3) is 11.5 Å². The van der Waals surface area contributed by atoms with Crippen LogP contribution >= 0.6 is 15.9 Å². The molecule has 2 heterocycles. The molecule has 0 radical (unpaired) electrons. The molecular formula is C16H19BrN2O2. The molecule has 0 N–H and O–H groups in total. The van der Waals surface area contributed by atoms with Gasteiger partial charge in [-0.2, -0.15) is 0 Å². The minimum absolute atomic E-state index is 0.344. The highest BCUT2D eigenvalue weighted by atomic mass is 79.9. The Balaban J connectivity index is 1.74. The van der Waals surface area contributed by atoms with Crippen LogP contribution < -0.4 is 4.74 Å². The molecule has 1 aliphatic rings. The highest BCUT2D eigenvalue weighted by Gasteiger charge is 2.17. The van der Waals surface area contributed by atoms with Gasteiger partial charge in [0, 0.05) is 10.9 Å². The monoisotopic (exact) mass is 350 g/mol. The van der Waals surface area contributed by atoms with Crippen molar-refractivity contribution >= 4 is 15.9 Å². The first-order chi connectivity index (χ1) is 10.3. The van der Waals surface area contributed by atoms with E-state index in [0.29, 0.717) is 11.4 Å². The average Bonchev–Trinajstić information content (AvgIpc) is 2.90. The average molecular weight is 351 g/mol. The third-order valence-corrected chi connectivity index (χ3v) is 4.50.